The number of aromatic nitrogens is 2. The maximum Gasteiger partial charge on any atom is 0.244 e. The summed E-state index contributed by atoms with van der Waals surface area (Å²) in [6, 6.07) is 7.38. The highest BCUT2D eigenvalue weighted by atomic mass is 32.1. The van der Waals surface area contributed by atoms with Crippen LogP contribution >= 0.6 is 11.3 Å². The van der Waals surface area contributed by atoms with E-state index in [9.17, 15) is 9.59 Å². The Morgan fingerprint density at radius 1 is 1.31 bits per heavy atom. The zero-order valence-electron chi connectivity index (χ0n) is 14.9. The van der Waals surface area contributed by atoms with Crippen LogP contribution in [0.2, 0.25) is 0 Å². The molecule has 26 heavy (non-hydrogen) atoms. The van der Waals surface area contributed by atoms with Crippen LogP contribution in [-0.2, 0) is 16.1 Å². The Balaban J connectivity index is 1.64. The number of aryl methyl sites for hydroxylation is 2. The van der Waals surface area contributed by atoms with Crippen molar-refractivity contribution in [3.8, 4) is 0 Å². The summed E-state index contributed by atoms with van der Waals surface area (Å²) in [5.74, 6) is -0.309. The fraction of sp³-hybridized carbons (Fsp3) is 0.211. The molecule has 0 spiro atoms. The van der Waals surface area contributed by atoms with Crippen LogP contribution in [-0.4, -0.2) is 21.2 Å². The molecule has 0 saturated carbocycles. The first-order valence-electron chi connectivity index (χ1n) is 8.20. The summed E-state index contributed by atoms with van der Waals surface area (Å²) in [7, 11) is 0. The molecule has 0 fully saturated rings. The molecule has 2 N–H and O–H groups in total. The van der Waals surface area contributed by atoms with Crippen LogP contribution in [0.5, 0.6) is 0 Å². The van der Waals surface area contributed by atoms with Gasteiger partial charge in [0.05, 0.1) is 11.4 Å². The molecule has 1 aromatic carbocycles. The van der Waals surface area contributed by atoms with Crippen molar-refractivity contribution in [2.24, 2.45) is 0 Å². The summed E-state index contributed by atoms with van der Waals surface area (Å²) >= 11 is 1.62. The fourth-order valence-corrected chi connectivity index (χ4v) is 3.52. The Morgan fingerprint density at radius 3 is 2.88 bits per heavy atom. The maximum atomic E-state index is 12.1. The number of carbonyl (C=O) groups excluding carboxylic acids is 2. The van der Waals surface area contributed by atoms with Crippen molar-refractivity contribution in [2.45, 2.75) is 27.3 Å². The number of rotatable bonds is 5. The van der Waals surface area contributed by atoms with Crippen molar-refractivity contribution in [3.63, 3.8) is 0 Å². The molecule has 2 heterocycles. The third-order valence-electron chi connectivity index (χ3n) is 3.77. The monoisotopic (exact) mass is 368 g/mol. The number of fused-ring (bicyclic) bond motifs is 1. The average molecular weight is 368 g/mol. The number of carbonyl (C=O) groups is 2. The summed E-state index contributed by atoms with van der Waals surface area (Å²) in [6.45, 7) is 5.81. The predicted octanol–water partition coefficient (Wildman–Crippen LogP) is 3.30. The minimum atomic E-state index is -0.184. The topological polar surface area (TPSA) is 75.5 Å². The van der Waals surface area contributed by atoms with Crippen molar-refractivity contribution in [3.05, 3.63) is 58.4 Å². The van der Waals surface area contributed by atoms with Gasteiger partial charge in [-0.15, -0.1) is 11.3 Å². The Labute approximate surface area is 155 Å². The SMILES string of the molecule is CC(=O)Nc1cccc(CNC(=O)/C=C\c2c(C)nc3sc(C)cn23)c1. The highest BCUT2D eigenvalue weighted by Crippen LogP contribution is 2.21. The van der Waals surface area contributed by atoms with Crippen molar-refractivity contribution in [2.75, 3.05) is 5.32 Å². The summed E-state index contributed by atoms with van der Waals surface area (Å²) in [4.78, 5) is 29.8. The smallest absolute Gasteiger partial charge is 0.244 e. The van der Waals surface area contributed by atoms with E-state index < -0.39 is 0 Å². The normalized spacial score (nSPS) is 11.2. The summed E-state index contributed by atoms with van der Waals surface area (Å²) in [5.41, 5.74) is 3.43. The van der Waals surface area contributed by atoms with Crippen LogP contribution < -0.4 is 10.6 Å². The summed E-state index contributed by atoms with van der Waals surface area (Å²) in [5, 5.41) is 5.58. The van der Waals surface area contributed by atoms with E-state index in [2.05, 4.69) is 15.6 Å². The third kappa shape index (κ3) is 4.18. The zero-order chi connectivity index (χ0) is 18.7. The van der Waals surface area contributed by atoms with Gasteiger partial charge in [0.1, 0.15) is 0 Å². The van der Waals surface area contributed by atoms with E-state index in [-0.39, 0.29) is 11.8 Å². The number of amides is 2. The molecule has 0 atom stereocenters. The van der Waals surface area contributed by atoms with E-state index in [1.54, 1.807) is 17.4 Å². The minimum Gasteiger partial charge on any atom is -0.348 e. The molecule has 3 aromatic rings. The molecule has 2 amide bonds. The molecule has 7 heteroatoms. The minimum absolute atomic E-state index is 0.125. The number of anilines is 1. The van der Waals surface area contributed by atoms with Crippen molar-refractivity contribution < 1.29 is 9.59 Å². The average Bonchev–Trinajstić information content (AvgIpc) is 3.05. The molecular formula is C19H20N4O2S. The molecule has 0 aliphatic rings. The van der Waals surface area contributed by atoms with Gasteiger partial charge in [0, 0.05) is 36.3 Å². The number of nitrogens with zero attached hydrogens (tertiary/aromatic N) is 2. The second kappa shape index (κ2) is 7.53. The highest BCUT2D eigenvalue weighted by Gasteiger charge is 2.09. The number of thiazole rings is 1. The lowest BCUT2D eigenvalue weighted by molar-refractivity contribution is -0.116. The number of benzene rings is 1. The first-order chi connectivity index (χ1) is 12.4. The molecule has 134 valence electrons. The second-order valence-corrected chi connectivity index (χ2v) is 7.22. The summed E-state index contributed by atoms with van der Waals surface area (Å²) < 4.78 is 2.00. The lowest BCUT2D eigenvalue weighted by Crippen LogP contribution is -2.20. The number of hydrogen-bond donors (Lipinski definition) is 2. The Kier molecular flexibility index (Phi) is 5.18. The van der Waals surface area contributed by atoms with Gasteiger partial charge in [-0.25, -0.2) is 4.98 Å². The molecule has 0 aliphatic carbocycles. The van der Waals surface area contributed by atoms with Crippen LogP contribution in [0, 0.1) is 13.8 Å². The Morgan fingerprint density at radius 2 is 2.12 bits per heavy atom. The lowest BCUT2D eigenvalue weighted by Gasteiger charge is -2.06. The number of imidazole rings is 1. The van der Waals surface area contributed by atoms with Gasteiger partial charge in [-0.05, 0) is 37.6 Å². The number of hydrogen-bond acceptors (Lipinski definition) is 4. The molecule has 0 radical (unpaired) electrons. The van der Waals surface area contributed by atoms with Crippen LogP contribution in [0.4, 0.5) is 5.69 Å². The lowest BCUT2D eigenvalue weighted by atomic mass is 10.2. The third-order valence-corrected chi connectivity index (χ3v) is 4.67. The maximum absolute atomic E-state index is 12.1. The molecule has 2 aromatic heterocycles. The van der Waals surface area contributed by atoms with Gasteiger partial charge in [0.2, 0.25) is 11.8 Å². The van der Waals surface area contributed by atoms with Gasteiger partial charge in [-0.3, -0.25) is 14.0 Å². The van der Waals surface area contributed by atoms with Crippen molar-refractivity contribution in [1.82, 2.24) is 14.7 Å². The Bertz CT molecular complexity index is 1000. The van der Waals surface area contributed by atoms with E-state index in [0.29, 0.717) is 12.2 Å². The molecule has 0 aliphatic heterocycles. The van der Waals surface area contributed by atoms with Crippen molar-refractivity contribution in [1.29, 1.82) is 0 Å². The van der Waals surface area contributed by atoms with Crippen LogP contribution in [0.15, 0.2) is 36.5 Å². The molecule has 6 nitrogen and oxygen atoms in total. The fourth-order valence-electron chi connectivity index (χ4n) is 2.65. The first-order valence-corrected chi connectivity index (χ1v) is 9.01. The molecule has 0 saturated heterocycles. The van der Waals surface area contributed by atoms with Gasteiger partial charge in [-0.1, -0.05) is 12.1 Å². The van der Waals surface area contributed by atoms with E-state index >= 15 is 0 Å². The Hall–Kier alpha value is -2.93. The van der Waals surface area contributed by atoms with Gasteiger partial charge < -0.3 is 10.6 Å². The van der Waals surface area contributed by atoms with Gasteiger partial charge in [0.15, 0.2) is 4.96 Å². The van der Waals surface area contributed by atoms with Gasteiger partial charge in [-0.2, -0.15) is 0 Å². The number of nitrogens with one attached hydrogen (secondary N) is 2. The molecule has 0 bridgehead atoms. The largest absolute Gasteiger partial charge is 0.348 e. The molecule has 3 rings (SSSR count). The summed E-state index contributed by atoms with van der Waals surface area (Å²) in [6.07, 6.45) is 5.32. The molecular weight excluding hydrogens is 348 g/mol. The quantitative estimate of drug-likeness (QED) is 0.679. The predicted molar refractivity (Wildman–Crippen MR) is 104 cm³/mol. The van der Waals surface area contributed by atoms with E-state index in [0.717, 1.165) is 21.9 Å². The second-order valence-electron chi connectivity index (χ2n) is 6.01. The highest BCUT2D eigenvalue weighted by molar-refractivity contribution is 7.17. The van der Waals surface area contributed by atoms with E-state index in [1.165, 1.54) is 17.9 Å². The first kappa shape index (κ1) is 17.9. The van der Waals surface area contributed by atoms with Crippen molar-refractivity contribution >= 4 is 39.9 Å². The van der Waals surface area contributed by atoms with Crippen LogP contribution in [0.1, 0.15) is 28.8 Å². The van der Waals surface area contributed by atoms with Crippen LogP contribution in [0.3, 0.4) is 0 Å². The van der Waals surface area contributed by atoms with E-state index in [1.807, 2.05) is 48.7 Å². The van der Waals surface area contributed by atoms with Crippen LogP contribution in [0.25, 0.3) is 11.0 Å². The van der Waals surface area contributed by atoms with Gasteiger partial charge in [0.25, 0.3) is 0 Å². The molecule has 0 unspecified atom stereocenters. The standard InChI is InChI=1S/C19H20N4O2S/c1-12-11-23-17(13(2)21-19(23)26-12)7-8-18(25)20-10-15-5-4-6-16(9-15)22-14(3)24/h4-9,11H,10H2,1-3H3,(H,20,25)(H,22,24)/b8-7-. The zero-order valence-corrected chi connectivity index (χ0v) is 15.7. The van der Waals surface area contributed by atoms with Gasteiger partial charge >= 0.3 is 0 Å². The van der Waals surface area contributed by atoms with E-state index in [4.69, 9.17) is 0 Å².